The van der Waals surface area contributed by atoms with Crippen LogP contribution >= 0.6 is 0 Å². The summed E-state index contributed by atoms with van der Waals surface area (Å²) in [6.07, 6.45) is 1.68. The molecule has 0 fully saturated rings. The van der Waals surface area contributed by atoms with E-state index in [2.05, 4.69) is 4.98 Å². The molecule has 0 saturated carbocycles. The molecule has 0 unspecified atom stereocenters. The summed E-state index contributed by atoms with van der Waals surface area (Å²) < 4.78 is 10.8. The predicted octanol–water partition coefficient (Wildman–Crippen LogP) is 2.25. The largest absolute Gasteiger partial charge is 0.496 e. The summed E-state index contributed by atoms with van der Waals surface area (Å²) in [4.78, 5) is 4.08. The van der Waals surface area contributed by atoms with Crippen LogP contribution in [0.2, 0.25) is 0 Å². The topological polar surface area (TPSA) is 57.4 Å². The lowest BCUT2D eigenvalue weighted by Gasteiger charge is -2.11. The van der Waals surface area contributed by atoms with E-state index in [9.17, 15) is 0 Å². The van der Waals surface area contributed by atoms with Gasteiger partial charge in [-0.1, -0.05) is 12.1 Å². The summed E-state index contributed by atoms with van der Waals surface area (Å²) in [5, 5.41) is 0. The van der Waals surface area contributed by atoms with Gasteiger partial charge in [0.15, 0.2) is 0 Å². The first-order valence-corrected chi connectivity index (χ1v) is 5.26. The highest BCUT2D eigenvalue weighted by Gasteiger charge is 2.07. The normalized spacial score (nSPS) is 9.94. The molecule has 1 aromatic heterocycles. The molecule has 0 amide bonds. The quantitative estimate of drug-likeness (QED) is 0.818. The van der Waals surface area contributed by atoms with E-state index in [-0.39, 0.29) is 0 Å². The second-order valence-corrected chi connectivity index (χ2v) is 3.48. The molecule has 0 aliphatic rings. The minimum absolute atomic E-state index is 0.340. The molecule has 0 bridgehead atoms. The predicted molar refractivity (Wildman–Crippen MR) is 66.0 cm³/mol. The second kappa shape index (κ2) is 5.21. The van der Waals surface area contributed by atoms with Gasteiger partial charge in [-0.05, 0) is 18.2 Å². The van der Waals surface area contributed by atoms with E-state index in [0.29, 0.717) is 18.2 Å². The fraction of sp³-hybridized carbons (Fsp3) is 0.154. The van der Waals surface area contributed by atoms with Crippen molar-refractivity contribution in [2.45, 2.75) is 6.61 Å². The second-order valence-electron chi connectivity index (χ2n) is 3.48. The van der Waals surface area contributed by atoms with Crippen LogP contribution in [0, 0.1) is 0 Å². The summed E-state index contributed by atoms with van der Waals surface area (Å²) in [6.45, 7) is 0.340. The third kappa shape index (κ3) is 2.66. The Morgan fingerprint density at radius 3 is 2.76 bits per heavy atom. The number of methoxy groups -OCH3 is 1. The Hall–Kier alpha value is -2.23. The number of rotatable bonds is 4. The molecular formula is C13H14N2O2. The van der Waals surface area contributed by atoms with Gasteiger partial charge in [-0.3, -0.25) is 0 Å². The average Bonchev–Trinajstić information content (AvgIpc) is 2.38. The first-order valence-electron chi connectivity index (χ1n) is 5.26. The minimum atomic E-state index is 0.340. The third-order valence-electron chi connectivity index (χ3n) is 2.39. The Morgan fingerprint density at radius 1 is 1.18 bits per heavy atom. The first kappa shape index (κ1) is 11.3. The van der Waals surface area contributed by atoms with Gasteiger partial charge in [0.25, 0.3) is 0 Å². The Labute approximate surface area is 100 Å². The molecule has 4 heteroatoms. The third-order valence-corrected chi connectivity index (χ3v) is 2.39. The molecule has 0 aliphatic carbocycles. The summed E-state index contributed by atoms with van der Waals surface area (Å²) in [6, 6.07) is 11.0. The lowest BCUT2D eigenvalue weighted by Crippen LogP contribution is -2.03. The number of nitrogens with two attached hydrogens (primary N) is 1. The lowest BCUT2D eigenvalue weighted by atomic mass is 10.1. The van der Waals surface area contributed by atoms with E-state index in [1.165, 1.54) is 0 Å². The molecule has 0 aliphatic heterocycles. The van der Waals surface area contributed by atoms with Crippen molar-refractivity contribution in [3.05, 3.63) is 48.2 Å². The van der Waals surface area contributed by atoms with E-state index in [4.69, 9.17) is 15.2 Å². The van der Waals surface area contributed by atoms with Crippen LogP contribution in [0.1, 0.15) is 5.56 Å². The van der Waals surface area contributed by atoms with Crippen molar-refractivity contribution in [1.29, 1.82) is 0 Å². The van der Waals surface area contributed by atoms with E-state index >= 15 is 0 Å². The number of benzene rings is 1. The number of nitrogens with zero attached hydrogens (tertiary/aromatic N) is 1. The van der Waals surface area contributed by atoms with Crippen molar-refractivity contribution in [2.75, 3.05) is 12.8 Å². The SMILES string of the molecule is COc1cccc(N)c1COc1ccccn1. The average molecular weight is 230 g/mol. The highest BCUT2D eigenvalue weighted by molar-refractivity contribution is 5.53. The van der Waals surface area contributed by atoms with Crippen molar-refractivity contribution in [1.82, 2.24) is 4.98 Å². The Bertz CT molecular complexity index is 486. The van der Waals surface area contributed by atoms with Crippen molar-refractivity contribution in [3.8, 4) is 11.6 Å². The summed E-state index contributed by atoms with van der Waals surface area (Å²) >= 11 is 0. The zero-order chi connectivity index (χ0) is 12.1. The van der Waals surface area contributed by atoms with Crippen LogP contribution in [0.5, 0.6) is 11.6 Å². The number of nitrogen functional groups attached to an aromatic ring is 1. The molecule has 1 aromatic carbocycles. The number of hydrogen-bond donors (Lipinski definition) is 1. The van der Waals surface area contributed by atoms with Gasteiger partial charge in [-0.25, -0.2) is 4.98 Å². The molecule has 2 aromatic rings. The zero-order valence-electron chi connectivity index (χ0n) is 9.59. The summed E-state index contributed by atoms with van der Waals surface area (Å²) in [5.74, 6) is 1.29. The van der Waals surface area contributed by atoms with Gasteiger partial charge in [0.1, 0.15) is 12.4 Å². The minimum Gasteiger partial charge on any atom is -0.496 e. The van der Waals surface area contributed by atoms with Crippen molar-refractivity contribution in [2.24, 2.45) is 0 Å². The zero-order valence-corrected chi connectivity index (χ0v) is 9.59. The summed E-state index contributed by atoms with van der Waals surface area (Å²) in [7, 11) is 1.61. The molecule has 1 heterocycles. The molecule has 0 spiro atoms. The van der Waals surface area contributed by atoms with Crippen molar-refractivity contribution in [3.63, 3.8) is 0 Å². The molecular weight excluding hydrogens is 216 g/mol. The first-order chi connectivity index (χ1) is 8.31. The molecule has 88 valence electrons. The number of ether oxygens (including phenoxy) is 2. The van der Waals surface area contributed by atoms with E-state index < -0.39 is 0 Å². The van der Waals surface area contributed by atoms with Crippen LogP contribution in [0.3, 0.4) is 0 Å². The molecule has 0 atom stereocenters. The highest BCUT2D eigenvalue weighted by Crippen LogP contribution is 2.25. The van der Waals surface area contributed by atoms with Gasteiger partial charge in [0, 0.05) is 18.0 Å². The lowest BCUT2D eigenvalue weighted by molar-refractivity contribution is 0.286. The number of pyridine rings is 1. The van der Waals surface area contributed by atoms with Crippen LogP contribution in [-0.4, -0.2) is 12.1 Å². The maximum Gasteiger partial charge on any atom is 0.213 e. The van der Waals surface area contributed by atoms with Crippen LogP contribution < -0.4 is 15.2 Å². The molecule has 4 nitrogen and oxygen atoms in total. The number of aromatic nitrogens is 1. The molecule has 2 rings (SSSR count). The van der Waals surface area contributed by atoms with Gasteiger partial charge in [-0.15, -0.1) is 0 Å². The Kier molecular flexibility index (Phi) is 3.45. The fourth-order valence-electron chi connectivity index (χ4n) is 1.51. The molecule has 2 N–H and O–H groups in total. The molecule has 0 radical (unpaired) electrons. The van der Waals surface area contributed by atoms with Gasteiger partial charge in [0.2, 0.25) is 5.88 Å². The number of hydrogen-bond acceptors (Lipinski definition) is 4. The molecule has 0 saturated heterocycles. The van der Waals surface area contributed by atoms with Gasteiger partial charge in [-0.2, -0.15) is 0 Å². The summed E-state index contributed by atoms with van der Waals surface area (Å²) in [5.41, 5.74) is 7.37. The number of anilines is 1. The van der Waals surface area contributed by atoms with Gasteiger partial charge < -0.3 is 15.2 Å². The van der Waals surface area contributed by atoms with Crippen LogP contribution in [0.25, 0.3) is 0 Å². The maximum absolute atomic E-state index is 5.88. The maximum atomic E-state index is 5.88. The van der Waals surface area contributed by atoms with E-state index in [0.717, 1.165) is 11.3 Å². The van der Waals surface area contributed by atoms with Crippen molar-refractivity contribution >= 4 is 5.69 Å². The Balaban J connectivity index is 2.14. The van der Waals surface area contributed by atoms with E-state index in [1.807, 2.05) is 30.3 Å². The van der Waals surface area contributed by atoms with Crippen LogP contribution in [0.4, 0.5) is 5.69 Å². The smallest absolute Gasteiger partial charge is 0.213 e. The standard InChI is InChI=1S/C13H14N2O2/c1-16-12-6-4-5-11(14)10(12)9-17-13-7-2-3-8-15-13/h2-8H,9,14H2,1H3. The highest BCUT2D eigenvalue weighted by atomic mass is 16.5. The van der Waals surface area contributed by atoms with Crippen LogP contribution in [-0.2, 0) is 6.61 Å². The van der Waals surface area contributed by atoms with E-state index in [1.54, 1.807) is 19.4 Å². The van der Waals surface area contributed by atoms with Gasteiger partial charge >= 0.3 is 0 Å². The fourth-order valence-corrected chi connectivity index (χ4v) is 1.51. The van der Waals surface area contributed by atoms with Crippen molar-refractivity contribution < 1.29 is 9.47 Å². The van der Waals surface area contributed by atoms with Crippen LogP contribution in [0.15, 0.2) is 42.6 Å². The Morgan fingerprint density at radius 2 is 2.06 bits per heavy atom. The molecule has 17 heavy (non-hydrogen) atoms. The monoisotopic (exact) mass is 230 g/mol. The van der Waals surface area contributed by atoms with Gasteiger partial charge in [0.05, 0.1) is 12.7 Å².